The van der Waals surface area contributed by atoms with E-state index in [2.05, 4.69) is 4.72 Å². The minimum atomic E-state index is -3.88. The van der Waals surface area contributed by atoms with E-state index in [-0.39, 0.29) is 28.7 Å². The summed E-state index contributed by atoms with van der Waals surface area (Å²) in [7, 11) is -5.38. The van der Waals surface area contributed by atoms with Gasteiger partial charge in [-0.05, 0) is 31.0 Å². The van der Waals surface area contributed by atoms with E-state index in [9.17, 15) is 21.6 Å². The molecule has 1 amide bonds. The molecule has 0 spiro atoms. The van der Waals surface area contributed by atoms with Crippen molar-refractivity contribution in [3.8, 4) is 0 Å². The summed E-state index contributed by atoms with van der Waals surface area (Å²) in [5.74, 6) is -0.445. The van der Waals surface area contributed by atoms with Crippen LogP contribution in [0.1, 0.15) is 36.5 Å². The fraction of sp³-hybridized carbons (Fsp3) is 0.562. The van der Waals surface area contributed by atoms with Crippen LogP contribution in [0.25, 0.3) is 0 Å². The number of hydrogen-bond donors (Lipinski definition) is 1. The number of benzene rings is 1. The van der Waals surface area contributed by atoms with Crippen LogP contribution in [0.15, 0.2) is 29.2 Å². The van der Waals surface area contributed by atoms with Crippen LogP contribution in [0.5, 0.6) is 0 Å². The molecule has 1 saturated heterocycles. The first-order valence-corrected chi connectivity index (χ1v) is 11.5. The highest BCUT2D eigenvalue weighted by molar-refractivity contribution is 7.92. The average Bonchev–Trinajstić information content (AvgIpc) is 2.89. The van der Waals surface area contributed by atoms with Gasteiger partial charge in [-0.3, -0.25) is 4.79 Å². The van der Waals surface area contributed by atoms with Gasteiger partial charge in [-0.15, -0.1) is 0 Å². The molecular formula is C16H24N2O5S2. The third kappa shape index (κ3) is 5.26. The van der Waals surface area contributed by atoms with Crippen LogP contribution in [0.2, 0.25) is 0 Å². The van der Waals surface area contributed by atoms with Gasteiger partial charge in [-0.25, -0.2) is 21.6 Å². The number of nitrogens with one attached hydrogen (secondary N) is 1. The van der Waals surface area contributed by atoms with Gasteiger partial charge in [0.1, 0.15) is 0 Å². The van der Waals surface area contributed by atoms with E-state index in [1.807, 2.05) is 6.92 Å². The van der Waals surface area contributed by atoms with Gasteiger partial charge in [0.15, 0.2) is 9.84 Å². The largest absolute Gasteiger partial charge is 0.342 e. The Balaban J connectivity index is 2.15. The predicted molar refractivity (Wildman–Crippen MR) is 95.7 cm³/mol. The van der Waals surface area contributed by atoms with Gasteiger partial charge in [-0.1, -0.05) is 19.4 Å². The summed E-state index contributed by atoms with van der Waals surface area (Å²) in [5.41, 5.74) is 0.292. The minimum absolute atomic E-state index is 0.0130. The molecular weight excluding hydrogens is 364 g/mol. The third-order valence-electron chi connectivity index (χ3n) is 4.14. The maximum absolute atomic E-state index is 12.5. The Morgan fingerprint density at radius 2 is 2.08 bits per heavy atom. The van der Waals surface area contributed by atoms with Crippen LogP contribution in [0, 0.1) is 0 Å². The Bertz CT molecular complexity index is 834. The molecule has 1 heterocycles. The lowest BCUT2D eigenvalue weighted by atomic mass is 10.2. The Morgan fingerprint density at radius 1 is 1.36 bits per heavy atom. The number of carbonyl (C=O) groups is 1. The maximum Gasteiger partial charge on any atom is 0.253 e. The fourth-order valence-corrected chi connectivity index (χ4v) is 5.78. The lowest BCUT2D eigenvalue weighted by Crippen LogP contribution is -2.35. The lowest BCUT2D eigenvalue weighted by molar-refractivity contribution is 0.0793. The summed E-state index contributed by atoms with van der Waals surface area (Å²) in [4.78, 5) is 13.9. The number of amides is 1. The number of sulfonamides is 1. The first-order valence-electron chi connectivity index (χ1n) is 8.23. The van der Waals surface area contributed by atoms with Crippen LogP contribution in [0.4, 0.5) is 0 Å². The highest BCUT2D eigenvalue weighted by Crippen LogP contribution is 2.17. The van der Waals surface area contributed by atoms with Gasteiger partial charge in [0, 0.05) is 25.2 Å². The summed E-state index contributed by atoms with van der Waals surface area (Å²) < 4.78 is 50.4. The van der Waals surface area contributed by atoms with Crippen LogP contribution >= 0.6 is 0 Å². The predicted octanol–water partition coefficient (Wildman–Crippen LogP) is 1.02. The van der Waals surface area contributed by atoms with Gasteiger partial charge >= 0.3 is 0 Å². The summed E-state index contributed by atoms with van der Waals surface area (Å²) in [6.45, 7) is 2.63. The van der Waals surface area contributed by atoms with Crippen molar-refractivity contribution in [1.82, 2.24) is 9.62 Å². The molecule has 25 heavy (non-hydrogen) atoms. The van der Waals surface area contributed by atoms with E-state index in [1.54, 1.807) is 18.0 Å². The molecule has 0 aliphatic carbocycles. The molecule has 2 rings (SSSR count). The quantitative estimate of drug-likeness (QED) is 0.752. The molecule has 1 N–H and O–H groups in total. The average molecular weight is 389 g/mol. The zero-order chi connectivity index (χ0) is 18.7. The van der Waals surface area contributed by atoms with E-state index in [0.29, 0.717) is 12.1 Å². The minimum Gasteiger partial charge on any atom is -0.342 e. The van der Waals surface area contributed by atoms with Crippen molar-refractivity contribution in [2.45, 2.75) is 37.1 Å². The highest BCUT2D eigenvalue weighted by Gasteiger charge is 2.31. The lowest BCUT2D eigenvalue weighted by Gasteiger charge is -2.17. The zero-order valence-electron chi connectivity index (χ0n) is 14.4. The van der Waals surface area contributed by atoms with Crippen molar-refractivity contribution < 1.29 is 21.6 Å². The number of unbranched alkanes of at least 4 members (excludes halogenated alkanes) is 1. The van der Waals surface area contributed by atoms with Crippen molar-refractivity contribution in [3.63, 3.8) is 0 Å². The number of sulfone groups is 1. The van der Waals surface area contributed by atoms with Crippen LogP contribution in [-0.2, 0) is 19.9 Å². The Morgan fingerprint density at radius 3 is 2.68 bits per heavy atom. The molecule has 1 aliphatic rings. The van der Waals surface area contributed by atoms with Crippen molar-refractivity contribution in [1.29, 1.82) is 0 Å². The fourth-order valence-electron chi connectivity index (χ4n) is 2.69. The van der Waals surface area contributed by atoms with Crippen molar-refractivity contribution in [2.75, 3.05) is 25.1 Å². The van der Waals surface area contributed by atoms with Crippen LogP contribution < -0.4 is 4.72 Å². The molecule has 1 aromatic carbocycles. The molecule has 1 aromatic rings. The second kappa shape index (κ2) is 7.84. The molecule has 140 valence electrons. The SMILES string of the molecule is CCCCN(C)C(=O)c1cccc(S(=O)(=O)NC2CCS(=O)(=O)C2)c1. The maximum atomic E-state index is 12.5. The monoisotopic (exact) mass is 388 g/mol. The second-order valence-corrected chi connectivity index (χ2v) is 10.3. The normalized spacial score (nSPS) is 19.7. The van der Waals surface area contributed by atoms with Gasteiger partial charge in [0.05, 0.1) is 16.4 Å². The highest BCUT2D eigenvalue weighted by atomic mass is 32.2. The Labute approximate surface area is 149 Å². The van der Waals surface area contributed by atoms with E-state index >= 15 is 0 Å². The first kappa shape index (κ1) is 19.9. The number of rotatable bonds is 7. The van der Waals surface area contributed by atoms with Gasteiger partial charge in [0.2, 0.25) is 10.0 Å². The molecule has 9 heteroatoms. The molecule has 0 radical (unpaired) electrons. The van der Waals surface area contributed by atoms with Crippen molar-refractivity contribution in [3.05, 3.63) is 29.8 Å². The van der Waals surface area contributed by atoms with Gasteiger partial charge in [0.25, 0.3) is 5.91 Å². The van der Waals surface area contributed by atoms with E-state index in [4.69, 9.17) is 0 Å². The van der Waals surface area contributed by atoms with Crippen LogP contribution in [0.3, 0.4) is 0 Å². The van der Waals surface area contributed by atoms with Crippen LogP contribution in [-0.4, -0.2) is 58.8 Å². The van der Waals surface area contributed by atoms with E-state index in [0.717, 1.165) is 12.8 Å². The molecule has 0 aromatic heterocycles. The zero-order valence-corrected chi connectivity index (χ0v) is 16.1. The third-order valence-corrected chi connectivity index (χ3v) is 7.43. The van der Waals surface area contributed by atoms with E-state index < -0.39 is 25.9 Å². The van der Waals surface area contributed by atoms with Crippen molar-refractivity contribution >= 4 is 25.8 Å². The smallest absolute Gasteiger partial charge is 0.253 e. The topological polar surface area (TPSA) is 101 Å². The summed E-state index contributed by atoms with van der Waals surface area (Å²) in [6.07, 6.45) is 2.10. The Hall–Kier alpha value is -1.45. The Kier molecular flexibility index (Phi) is 6.23. The van der Waals surface area contributed by atoms with Crippen molar-refractivity contribution in [2.24, 2.45) is 0 Å². The summed E-state index contributed by atoms with van der Waals surface area (Å²) in [6, 6.07) is 5.19. The second-order valence-electron chi connectivity index (χ2n) is 6.33. The van der Waals surface area contributed by atoms with E-state index in [1.165, 1.54) is 18.2 Å². The molecule has 7 nitrogen and oxygen atoms in total. The number of nitrogens with zero attached hydrogens (tertiary/aromatic N) is 1. The number of hydrogen-bond acceptors (Lipinski definition) is 5. The first-order chi connectivity index (χ1) is 11.6. The van der Waals surface area contributed by atoms with Gasteiger partial charge in [-0.2, -0.15) is 0 Å². The molecule has 1 atom stereocenters. The summed E-state index contributed by atoms with van der Waals surface area (Å²) in [5, 5.41) is 0. The summed E-state index contributed by atoms with van der Waals surface area (Å²) >= 11 is 0. The molecule has 0 bridgehead atoms. The molecule has 1 unspecified atom stereocenters. The van der Waals surface area contributed by atoms with Gasteiger partial charge < -0.3 is 4.90 Å². The number of carbonyl (C=O) groups excluding carboxylic acids is 1. The molecule has 0 saturated carbocycles. The standard InChI is InChI=1S/C16H24N2O5S2/c1-3-4-9-18(2)16(19)13-6-5-7-15(11-13)25(22,23)17-14-8-10-24(20,21)12-14/h5-7,11,14,17H,3-4,8-10,12H2,1-2H3. The molecule has 1 aliphatic heterocycles. The molecule has 1 fully saturated rings.